The zero-order chi connectivity index (χ0) is 10.6. The maximum atomic E-state index is 11.9. The number of rotatable bonds is 1. The van der Waals surface area contributed by atoms with Gasteiger partial charge in [0.1, 0.15) is 0 Å². The molecule has 3 rings (SSSR count). The normalized spacial score (nSPS) is 39.1. The van der Waals surface area contributed by atoms with E-state index in [9.17, 15) is 9.59 Å². The molecule has 0 aromatic rings. The molecule has 0 radical (unpaired) electrons. The van der Waals surface area contributed by atoms with Gasteiger partial charge < -0.3 is 0 Å². The standard InChI is InChI=1S/C12H15NO2/c1-8-6-10(14)13(11(8)15)12-4-2-9(7-12)3-5-12/h6,9H,2-5,7H2,1H3. The molecule has 0 spiro atoms. The van der Waals surface area contributed by atoms with Gasteiger partial charge in [-0.3, -0.25) is 14.5 Å². The zero-order valence-corrected chi connectivity index (χ0v) is 8.95. The van der Waals surface area contributed by atoms with E-state index in [-0.39, 0.29) is 17.4 Å². The Labute approximate surface area is 89.1 Å². The first-order valence-electron chi connectivity index (χ1n) is 5.69. The summed E-state index contributed by atoms with van der Waals surface area (Å²) in [5.74, 6) is 0.620. The molecule has 2 amide bonds. The number of hydrogen-bond donors (Lipinski definition) is 0. The van der Waals surface area contributed by atoms with Crippen molar-refractivity contribution < 1.29 is 9.59 Å². The van der Waals surface area contributed by atoms with E-state index in [2.05, 4.69) is 0 Å². The molecule has 0 atom stereocenters. The van der Waals surface area contributed by atoms with Gasteiger partial charge in [-0.2, -0.15) is 0 Å². The van der Waals surface area contributed by atoms with Crippen molar-refractivity contribution in [1.29, 1.82) is 0 Å². The van der Waals surface area contributed by atoms with E-state index in [1.165, 1.54) is 18.9 Å². The van der Waals surface area contributed by atoms with E-state index in [0.29, 0.717) is 5.57 Å². The van der Waals surface area contributed by atoms with Crippen molar-refractivity contribution in [3.05, 3.63) is 11.6 Å². The Morgan fingerprint density at radius 2 is 2.00 bits per heavy atom. The van der Waals surface area contributed by atoms with Crippen LogP contribution < -0.4 is 0 Å². The molecule has 3 heteroatoms. The van der Waals surface area contributed by atoms with Crippen LogP contribution in [0.2, 0.25) is 0 Å². The zero-order valence-electron chi connectivity index (χ0n) is 8.95. The van der Waals surface area contributed by atoms with Crippen LogP contribution in [0.1, 0.15) is 39.0 Å². The Bertz CT molecular complexity index is 375. The van der Waals surface area contributed by atoms with Crippen LogP contribution in [0, 0.1) is 5.92 Å². The number of carbonyl (C=O) groups excluding carboxylic acids is 2. The van der Waals surface area contributed by atoms with E-state index in [1.807, 2.05) is 0 Å². The summed E-state index contributed by atoms with van der Waals surface area (Å²) in [6.07, 6.45) is 6.97. The summed E-state index contributed by atoms with van der Waals surface area (Å²) in [7, 11) is 0. The molecule has 2 bridgehead atoms. The smallest absolute Gasteiger partial charge is 0.257 e. The molecule has 15 heavy (non-hydrogen) atoms. The Morgan fingerprint density at radius 1 is 1.33 bits per heavy atom. The van der Waals surface area contributed by atoms with E-state index in [4.69, 9.17) is 0 Å². The quantitative estimate of drug-likeness (QED) is 0.610. The molecule has 2 saturated carbocycles. The predicted octanol–water partition coefficient (Wildman–Crippen LogP) is 1.63. The van der Waals surface area contributed by atoms with Gasteiger partial charge in [-0.25, -0.2) is 0 Å². The van der Waals surface area contributed by atoms with Crippen molar-refractivity contribution in [1.82, 2.24) is 4.90 Å². The van der Waals surface area contributed by atoms with E-state index in [1.54, 1.807) is 11.8 Å². The second-order valence-corrected chi connectivity index (χ2v) is 5.18. The first-order valence-corrected chi connectivity index (χ1v) is 5.69. The molecule has 3 nitrogen and oxygen atoms in total. The number of carbonyl (C=O) groups is 2. The number of amides is 2. The van der Waals surface area contributed by atoms with Gasteiger partial charge in [-0.15, -0.1) is 0 Å². The summed E-state index contributed by atoms with van der Waals surface area (Å²) >= 11 is 0. The molecular formula is C12H15NO2. The number of nitrogens with zero attached hydrogens (tertiary/aromatic N) is 1. The lowest BCUT2D eigenvalue weighted by Crippen LogP contribution is -2.49. The topological polar surface area (TPSA) is 37.4 Å². The van der Waals surface area contributed by atoms with E-state index >= 15 is 0 Å². The van der Waals surface area contributed by atoms with Crippen molar-refractivity contribution >= 4 is 11.8 Å². The highest BCUT2D eigenvalue weighted by molar-refractivity contribution is 6.16. The minimum Gasteiger partial charge on any atom is -0.269 e. The van der Waals surface area contributed by atoms with Gasteiger partial charge >= 0.3 is 0 Å². The fraction of sp³-hybridized carbons (Fsp3) is 0.667. The van der Waals surface area contributed by atoms with Crippen molar-refractivity contribution in [2.75, 3.05) is 0 Å². The minimum absolute atomic E-state index is 0.0532. The Balaban J connectivity index is 1.96. The van der Waals surface area contributed by atoms with Gasteiger partial charge in [-0.05, 0) is 44.9 Å². The number of hydrogen-bond acceptors (Lipinski definition) is 2. The van der Waals surface area contributed by atoms with Gasteiger partial charge in [0.25, 0.3) is 11.8 Å². The monoisotopic (exact) mass is 205 g/mol. The van der Waals surface area contributed by atoms with Gasteiger partial charge in [0, 0.05) is 11.6 Å². The summed E-state index contributed by atoms with van der Waals surface area (Å²) in [5.41, 5.74) is 0.498. The van der Waals surface area contributed by atoms with Crippen LogP contribution in [0.5, 0.6) is 0 Å². The van der Waals surface area contributed by atoms with Gasteiger partial charge in [0.2, 0.25) is 0 Å². The van der Waals surface area contributed by atoms with Crippen LogP contribution in [-0.4, -0.2) is 22.3 Å². The Hall–Kier alpha value is -1.12. The Morgan fingerprint density at radius 3 is 2.40 bits per heavy atom. The fourth-order valence-electron chi connectivity index (χ4n) is 3.51. The van der Waals surface area contributed by atoms with E-state index < -0.39 is 0 Å². The van der Waals surface area contributed by atoms with Crippen molar-refractivity contribution in [3.63, 3.8) is 0 Å². The van der Waals surface area contributed by atoms with Crippen LogP contribution in [0.4, 0.5) is 0 Å². The molecule has 1 aliphatic heterocycles. The van der Waals surface area contributed by atoms with Crippen LogP contribution >= 0.6 is 0 Å². The molecule has 0 saturated heterocycles. The summed E-state index contributed by atoms with van der Waals surface area (Å²) in [5, 5.41) is 0. The second kappa shape index (κ2) is 2.71. The molecule has 2 aliphatic carbocycles. The van der Waals surface area contributed by atoms with Crippen LogP contribution in [0.15, 0.2) is 11.6 Å². The third-order valence-corrected chi connectivity index (χ3v) is 4.28. The molecular weight excluding hydrogens is 190 g/mol. The molecule has 0 N–H and O–H groups in total. The minimum atomic E-state index is -0.104. The van der Waals surface area contributed by atoms with Gasteiger partial charge in [0.15, 0.2) is 0 Å². The molecule has 0 aromatic heterocycles. The third-order valence-electron chi connectivity index (χ3n) is 4.28. The SMILES string of the molecule is CC1=CC(=O)N(C23CCC(CC2)C3)C1=O. The largest absolute Gasteiger partial charge is 0.269 e. The maximum Gasteiger partial charge on any atom is 0.257 e. The first-order chi connectivity index (χ1) is 7.12. The molecule has 2 fully saturated rings. The molecule has 80 valence electrons. The summed E-state index contributed by atoms with van der Waals surface area (Å²) in [4.78, 5) is 25.3. The highest BCUT2D eigenvalue weighted by Gasteiger charge is 2.53. The lowest BCUT2D eigenvalue weighted by molar-refractivity contribution is -0.144. The highest BCUT2D eigenvalue weighted by Crippen LogP contribution is 2.52. The van der Waals surface area contributed by atoms with Crippen LogP contribution in [-0.2, 0) is 9.59 Å². The average molecular weight is 205 g/mol. The summed E-state index contributed by atoms with van der Waals surface area (Å²) in [6, 6.07) is 0. The second-order valence-electron chi connectivity index (χ2n) is 5.18. The van der Waals surface area contributed by atoms with Gasteiger partial charge in [0.05, 0.1) is 5.54 Å². The molecule has 1 heterocycles. The van der Waals surface area contributed by atoms with E-state index in [0.717, 1.165) is 25.2 Å². The number of fused-ring (bicyclic) bond motifs is 2. The maximum absolute atomic E-state index is 11.9. The summed E-state index contributed by atoms with van der Waals surface area (Å²) < 4.78 is 0. The summed E-state index contributed by atoms with van der Waals surface area (Å²) in [6.45, 7) is 1.73. The van der Waals surface area contributed by atoms with Crippen molar-refractivity contribution in [3.8, 4) is 0 Å². The highest BCUT2D eigenvalue weighted by atomic mass is 16.2. The fourth-order valence-corrected chi connectivity index (χ4v) is 3.51. The lowest BCUT2D eigenvalue weighted by Gasteiger charge is -2.35. The van der Waals surface area contributed by atoms with Crippen molar-refractivity contribution in [2.24, 2.45) is 5.92 Å². The first kappa shape index (κ1) is 9.13. The van der Waals surface area contributed by atoms with Gasteiger partial charge in [-0.1, -0.05) is 0 Å². The third kappa shape index (κ3) is 1.06. The number of imide groups is 1. The van der Waals surface area contributed by atoms with Crippen LogP contribution in [0.3, 0.4) is 0 Å². The average Bonchev–Trinajstić information content (AvgIpc) is 2.82. The lowest BCUT2D eigenvalue weighted by atomic mass is 9.92. The molecule has 0 unspecified atom stereocenters. The molecule has 0 aromatic carbocycles. The Kier molecular flexibility index (Phi) is 1.65. The molecule has 3 aliphatic rings. The van der Waals surface area contributed by atoms with Crippen molar-refractivity contribution in [2.45, 2.75) is 44.6 Å². The predicted molar refractivity (Wildman–Crippen MR) is 54.9 cm³/mol. The van der Waals surface area contributed by atoms with Crippen LogP contribution in [0.25, 0.3) is 0 Å².